The van der Waals surface area contributed by atoms with Crippen molar-refractivity contribution in [3.8, 4) is 5.75 Å². The topological polar surface area (TPSA) is 158 Å². The second-order valence-electron chi connectivity index (χ2n) is 18.1. The molecule has 2 N–H and O–H groups in total. The monoisotopic (exact) mass is 839 g/mol. The van der Waals surface area contributed by atoms with Gasteiger partial charge in [0.25, 0.3) is 0 Å². The lowest BCUT2D eigenvalue weighted by Crippen LogP contribution is -2.59. The maximum atomic E-state index is 14.6. The second-order valence-corrected chi connectivity index (χ2v) is 19.1. The Morgan fingerprint density at radius 3 is 2.27 bits per heavy atom. The predicted octanol–water partition coefficient (Wildman–Crippen LogP) is 5.28. The summed E-state index contributed by atoms with van der Waals surface area (Å²) in [6, 6.07) is 3.19. The van der Waals surface area contributed by atoms with Gasteiger partial charge < -0.3 is 34.6 Å². The van der Waals surface area contributed by atoms with Crippen molar-refractivity contribution in [2.75, 3.05) is 33.5 Å². The molecule has 3 aliphatic rings. The summed E-state index contributed by atoms with van der Waals surface area (Å²) < 4.78 is 11.6. The summed E-state index contributed by atoms with van der Waals surface area (Å²) in [5.74, 6) is -1.41. The normalized spacial score (nSPS) is 31.6. The van der Waals surface area contributed by atoms with Crippen LogP contribution in [0.3, 0.4) is 0 Å². The lowest BCUT2D eigenvalue weighted by atomic mass is 9.81. The molecule has 0 radical (unpaired) electrons. The molecule has 1 aromatic rings. The van der Waals surface area contributed by atoms with Crippen LogP contribution in [-0.4, -0.2) is 130 Å². The van der Waals surface area contributed by atoms with Gasteiger partial charge in [-0.2, -0.15) is 0 Å². The van der Waals surface area contributed by atoms with E-state index in [9.17, 15) is 29.1 Å². The van der Waals surface area contributed by atoms with Crippen molar-refractivity contribution in [1.82, 2.24) is 20.0 Å². The first-order valence-electron chi connectivity index (χ1n) is 21.2. The van der Waals surface area contributed by atoms with Crippen LogP contribution < -0.4 is 10.1 Å². The van der Waals surface area contributed by atoms with Gasteiger partial charge in [-0.3, -0.25) is 24.2 Å². The predicted molar refractivity (Wildman–Crippen MR) is 232 cm³/mol. The number of cyclic esters (lactones) is 1. The number of hydrogen-bond donors (Lipinski definition) is 2. The highest BCUT2D eigenvalue weighted by molar-refractivity contribution is 8.14. The summed E-state index contributed by atoms with van der Waals surface area (Å²) in [6.07, 6.45) is 3.41. The lowest BCUT2D eigenvalue weighted by Gasteiger charge is -2.39. The number of benzene rings is 1. The molecule has 1 aromatic carbocycles. The molecular formula is C45H69N5O8S. The van der Waals surface area contributed by atoms with E-state index in [0.717, 1.165) is 10.6 Å². The highest BCUT2D eigenvalue weighted by Gasteiger charge is 2.44. The Balaban J connectivity index is 1.74. The number of methoxy groups -OCH3 is 1. The number of hydrogen-bond acceptors (Lipinski definition) is 10. The molecule has 4 rings (SSSR count). The van der Waals surface area contributed by atoms with E-state index in [1.54, 1.807) is 62.9 Å². The molecule has 1 fully saturated rings. The van der Waals surface area contributed by atoms with Gasteiger partial charge in [-0.05, 0) is 74.5 Å². The Labute approximate surface area is 356 Å². The summed E-state index contributed by atoms with van der Waals surface area (Å²) in [7, 11) is 4.67. The number of aliphatic imine (C=N–C) groups is 1. The number of aliphatic hydroxyl groups excluding tert-OH is 1. The van der Waals surface area contributed by atoms with Crippen LogP contribution in [-0.2, 0) is 35.1 Å². The lowest BCUT2D eigenvalue weighted by molar-refractivity contribution is -0.166. The Bertz CT molecular complexity index is 1730. The minimum Gasteiger partial charge on any atom is -0.497 e. The van der Waals surface area contributed by atoms with E-state index in [1.165, 1.54) is 16.8 Å². The first-order valence-corrected chi connectivity index (χ1v) is 22.2. The zero-order chi connectivity index (χ0) is 43.9. The smallest absolute Gasteiger partial charge is 0.329 e. The van der Waals surface area contributed by atoms with Crippen molar-refractivity contribution < 1.29 is 38.6 Å². The van der Waals surface area contributed by atoms with E-state index in [2.05, 4.69) is 5.32 Å². The fourth-order valence-electron chi connectivity index (χ4n) is 8.11. The quantitative estimate of drug-likeness (QED) is 0.377. The van der Waals surface area contributed by atoms with Gasteiger partial charge in [-0.25, -0.2) is 4.79 Å². The number of likely N-dealkylation sites (N-methyl/N-ethyl adjacent to an activating group) is 2. The zero-order valence-corrected chi connectivity index (χ0v) is 38.1. The van der Waals surface area contributed by atoms with E-state index < -0.39 is 65.5 Å². The van der Waals surface area contributed by atoms with Gasteiger partial charge in [-0.1, -0.05) is 73.1 Å². The third kappa shape index (κ3) is 11.9. The van der Waals surface area contributed by atoms with Gasteiger partial charge in [0, 0.05) is 44.3 Å². The molecule has 59 heavy (non-hydrogen) atoms. The number of esters is 1. The first-order chi connectivity index (χ1) is 27.7. The highest BCUT2D eigenvalue weighted by Crippen LogP contribution is 2.34. The number of nitrogens with one attached hydrogen (secondary N) is 1. The van der Waals surface area contributed by atoms with Crippen molar-refractivity contribution in [1.29, 1.82) is 0 Å². The van der Waals surface area contributed by atoms with Crippen LogP contribution in [0, 0.1) is 23.2 Å². The number of aliphatic hydroxyl groups is 1. The minimum atomic E-state index is -1.03. The Kier molecular flexibility index (Phi) is 16.7. The van der Waals surface area contributed by atoms with Gasteiger partial charge in [0.15, 0.2) is 0 Å². The van der Waals surface area contributed by atoms with Crippen molar-refractivity contribution in [2.45, 2.75) is 143 Å². The van der Waals surface area contributed by atoms with E-state index in [0.29, 0.717) is 55.7 Å². The molecule has 0 aliphatic carbocycles. The average Bonchev–Trinajstić information content (AvgIpc) is 3.89. The molecule has 10 atom stereocenters. The second kappa shape index (κ2) is 20.6. The van der Waals surface area contributed by atoms with Gasteiger partial charge in [0.1, 0.15) is 36.0 Å². The minimum absolute atomic E-state index is 0.00274. The fourth-order valence-corrected chi connectivity index (χ4v) is 9.25. The molecular weight excluding hydrogens is 771 g/mol. The largest absolute Gasteiger partial charge is 0.497 e. The van der Waals surface area contributed by atoms with Crippen LogP contribution in [0.25, 0.3) is 0 Å². The summed E-state index contributed by atoms with van der Waals surface area (Å²) in [5, 5.41) is 15.2. The number of amides is 4. The number of ether oxygens (including phenoxy) is 2. The molecule has 2 bridgehead atoms. The van der Waals surface area contributed by atoms with Crippen LogP contribution in [0.2, 0.25) is 0 Å². The molecule has 1 saturated heterocycles. The molecule has 3 heterocycles. The van der Waals surface area contributed by atoms with Crippen molar-refractivity contribution >= 4 is 46.4 Å². The van der Waals surface area contributed by atoms with E-state index in [1.807, 2.05) is 60.6 Å². The molecule has 0 saturated carbocycles. The van der Waals surface area contributed by atoms with E-state index >= 15 is 0 Å². The standard InChI is InChI=1S/C45H69N5O8S/c1-13-27(3)38-43(55)50-20-14-15-35(50)44(56)58-37(45(7,8)9)22-26(2)21-36(51)29(5)40-46-32(25-59-40)23-28(4)39(52)47-34(24-31-16-18-33(57-12)19-17-31)42(54)48(10)30(6)41(53)49(38)11/h16-19,23,26-27,29-30,32,34-38,51H,13-15,20-22,24-25H2,1-12H3,(H,47,52)/b28-23+/t26-,27+,29-,30-,32-,34-,35?,36-,37-,38?/m0/s1. The van der Waals surface area contributed by atoms with Gasteiger partial charge in [0.2, 0.25) is 23.6 Å². The average molecular weight is 840 g/mol. The number of nitrogens with zero attached hydrogens (tertiary/aromatic N) is 4. The number of fused-ring (bicyclic) bond motifs is 2. The number of carbonyl (C=O) groups is 5. The first kappa shape index (κ1) is 47.8. The van der Waals surface area contributed by atoms with Crippen molar-refractivity contribution in [2.24, 2.45) is 28.2 Å². The molecule has 328 valence electrons. The summed E-state index contributed by atoms with van der Waals surface area (Å²) in [5.41, 5.74) is 0.758. The van der Waals surface area contributed by atoms with Crippen LogP contribution >= 0.6 is 11.8 Å². The van der Waals surface area contributed by atoms with E-state index in [4.69, 9.17) is 14.5 Å². The maximum Gasteiger partial charge on any atom is 0.329 e. The molecule has 0 spiro atoms. The Morgan fingerprint density at radius 2 is 1.66 bits per heavy atom. The molecule has 0 aromatic heterocycles. The number of carbonyl (C=O) groups excluding carboxylic acids is 5. The van der Waals surface area contributed by atoms with Gasteiger partial charge in [-0.15, -0.1) is 11.8 Å². The highest BCUT2D eigenvalue weighted by atomic mass is 32.2. The molecule has 3 aliphatic heterocycles. The molecule has 13 nitrogen and oxygen atoms in total. The maximum absolute atomic E-state index is 14.6. The van der Waals surface area contributed by atoms with Crippen LogP contribution in [0.1, 0.15) is 100.0 Å². The van der Waals surface area contributed by atoms with Crippen LogP contribution in [0.15, 0.2) is 40.9 Å². The number of rotatable bonds is 5. The number of thioether (sulfide) groups is 1. The Hall–Kier alpha value is -3.91. The summed E-state index contributed by atoms with van der Waals surface area (Å²) in [4.78, 5) is 80.4. The summed E-state index contributed by atoms with van der Waals surface area (Å²) in [6.45, 7) is 17.6. The third-order valence-electron chi connectivity index (χ3n) is 12.4. The van der Waals surface area contributed by atoms with E-state index in [-0.39, 0.29) is 36.1 Å². The zero-order valence-electron chi connectivity index (χ0n) is 37.3. The molecule has 4 amide bonds. The fraction of sp³-hybridized carbons (Fsp3) is 0.689. The molecule has 2 unspecified atom stereocenters. The van der Waals surface area contributed by atoms with Crippen molar-refractivity contribution in [3.05, 3.63) is 41.5 Å². The summed E-state index contributed by atoms with van der Waals surface area (Å²) >= 11 is 1.56. The van der Waals surface area contributed by atoms with Crippen LogP contribution in [0.4, 0.5) is 0 Å². The SMILES string of the molecule is CC[C@@H](C)C1C(=O)N2CCCC2C(=O)O[C@H](C(C)(C)C)C[C@@H](C)C[C@H](O)[C@H](C)C2=N[C@@H](/C=C(\C)C(=O)N[C@@H](Cc3ccc(OC)cc3)C(=O)N(C)[C@@H](C)C(=O)N1C)CS2. The van der Waals surface area contributed by atoms with Gasteiger partial charge in [0.05, 0.1) is 24.3 Å². The van der Waals surface area contributed by atoms with Gasteiger partial charge >= 0.3 is 5.97 Å². The Morgan fingerprint density at radius 1 is 1.00 bits per heavy atom. The van der Waals surface area contributed by atoms with Crippen LogP contribution in [0.5, 0.6) is 5.75 Å². The molecule has 14 heteroatoms. The van der Waals surface area contributed by atoms with Crippen molar-refractivity contribution in [3.63, 3.8) is 0 Å². The third-order valence-corrected chi connectivity index (χ3v) is 13.7.